The van der Waals surface area contributed by atoms with Gasteiger partial charge in [0.25, 0.3) is 0 Å². The Bertz CT molecular complexity index is 1440. The summed E-state index contributed by atoms with van der Waals surface area (Å²) in [6.07, 6.45) is 2.31. The zero-order valence-electron chi connectivity index (χ0n) is 20.4. The number of nitrogens with one attached hydrogen (secondary N) is 3. The summed E-state index contributed by atoms with van der Waals surface area (Å²) in [5, 5.41) is 22.1. The maximum absolute atomic E-state index is 12.7. The molecule has 0 aliphatic rings. The maximum atomic E-state index is 12.7. The molecule has 36 heavy (non-hydrogen) atoms. The minimum Gasteiger partial charge on any atom is -0.350 e. The predicted molar refractivity (Wildman–Crippen MR) is 138 cm³/mol. The van der Waals surface area contributed by atoms with E-state index in [1.807, 2.05) is 63.2 Å². The standard InChI is InChI=1S/C27H27N7O2/c1-17(20-9-11-23(12-10-20)33-27(36)32-22-7-5-4-6-8-22)30-25(35)14-13-24-18(2)31-26-21(15-28)16-29-34(26)19(24)3/h4-12,16-17H,13-14H2,1-3H3,(H,30,35)(H2,32,33,36). The third-order valence-corrected chi connectivity index (χ3v) is 6.01. The number of aryl methyl sites for hydroxylation is 2. The topological polar surface area (TPSA) is 124 Å². The van der Waals surface area contributed by atoms with Gasteiger partial charge in [0, 0.05) is 29.2 Å². The molecule has 0 saturated heterocycles. The van der Waals surface area contributed by atoms with E-state index in [9.17, 15) is 14.9 Å². The molecule has 2 aromatic carbocycles. The van der Waals surface area contributed by atoms with Crippen LogP contribution < -0.4 is 16.0 Å². The Morgan fingerprint density at radius 1 is 1.03 bits per heavy atom. The molecule has 0 saturated carbocycles. The van der Waals surface area contributed by atoms with Crippen LogP contribution in [-0.4, -0.2) is 26.5 Å². The van der Waals surface area contributed by atoms with Crippen LogP contribution in [0.3, 0.4) is 0 Å². The first kappa shape index (κ1) is 24.4. The van der Waals surface area contributed by atoms with Crippen molar-refractivity contribution in [3.05, 3.63) is 88.9 Å². The molecule has 9 nitrogen and oxygen atoms in total. The van der Waals surface area contributed by atoms with Gasteiger partial charge in [-0.25, -0.2) is 14.3 Å². The third-order valence-electron chi connectivity index (χ3n) is 6.01. The first-order chi connectivity index (χ1) is 17.4. The van der Waals surface area contributed by atoms with Crippen molar-refractivity contribution >= 4 is 29.0 Å². The van der Waals surface area contributed by atoms with Crippen molar-refractivity contribution < 1.29 is 9.59 Å². The molecular formula is C27H27N7O2. The van der Waals surface area contributed by atoms with Gasteiger partial charge in [-0.15, -0.1) is 0 Å². The van der Waals surface area contributed by atoms with Gasteiger partial charge in [0.2, 0.25) is 5.91 Å². The molecule has 1 atom stereocenters. The highest BCUT2D eigenvalue weighted by molar-refractivity contribution is 5.99. The van der Waals surface area contributed by atoms with Gasteiger partial charge in [-0.3, -0.25) is 4.79 Å². The number of amides is 3. The molecule has 0 bridgehead atoms. The van der Waals surface area contributed by atoms with E-state index < -0.39 is 0 Å². The van der Waals surface area contributed by atoms with Crippen molar-refractivity contribution in [1.82, 2.24) is 19.9 Å². The van der Waals surface area contributed by atoms with Crippen molar-refractivity contribution in [3.63, 3.8) is 0 Å². The lowest BCUT2D eigenvalue weighted by atomic mass is 10.0. The van der Waals surface area contributed by atoms with Crippen molar-refractivity contribution in [2.75, 3.05) is 10.6 Å². The normalized spacial score (nSPS) is 11.5. The van der Waals surface area contributed by atoms with Crippen LogP contribution in [0.2, 0.25) is 0 Å². The molecule has 0 spiro atoms. The Kier molecular flexibility index (Phi) is 7.25. The van der Waals surface area contributed by atoms with Crippen molar-refractivity contribution in [2.45, 2.75) is 39.7 Å². The highest BCUT2D eigenvalue weighted by Gasteiger charge is 2.16. The number of rotatable bonds is 7. The van der Waals surface area contributed by atoms with Gasteiger partial charge >= 0.3 is 6.03 Å². The number of nitriles is 1. The lowest BCUT2D eigenvalue weighted by molar-refractivity contribution is -0.121. The zero-order chi connectivity index (χ0) is 25.7. The molecule has 4 aromatic rings. The van der Waals surface area contributed by atoms with E-state index in [1.54, 1.807) is 16.6 Å². The lowest BCUT2D eigenvalue weighted by Gasteiger charge is -2.16. The molecular weight excluding hydrogens is 454 g/mol. The maximum Gasteiger partial charge on any atom is 0.323 e. The van der Waals surface area contributed by atoms with Crippen LogP contribution >= 0.6 is 0 Å². The summed E-state index contributed by atoms with van der Waals surface area (Å²) in [5.41, 5.74) is 5.85. The van der Waals surface area contributed by atoms with Gasteiger partial charge in [0.15, 0.2) is 5.65 Å². The molecule has 2 heterocycles. The Morgan fingerprint density at radius 3 is 2.36 bits per heavy atom. The predicted octanol–water partition coefficient (Wildman–Crippen LogP) is 4.67. The average Bonchev–Trinajstić information content (AvgIpc) is 3.27. The number of anilines is 2. The van der Waals surface area contributed by atoms with Gasteiger partial charge in [-0.2, -0.15) is 10.4 Å². The third kappa shape index (κ3) is 5.50. The van der Waals surface area contributed by atoms with E-state index >= 15 is 0 Å². The summed E-state index contributed by atoms with van der Waals surface area (Å²) in [6.45, 7) is 5.72. The van der Waals surface area contributed by atoms with Crippen LogP contribution in [0.25, 0.3) is 5.65 Å². The second-order valence-corrected chi connectivity index (χ2v) is 8.52. The van der Waals surface area contributed by atoms with Gasteiger partial charge in [-0.1, -0.05) is 30.3 Å². The van der Waals surface area contributed by atoms with Crippen LogP contribution in [-0.2, 0) is 11.2 Å². The van der Waals surface area contributed by atoms with E-state index in [-0.39, 0.29) is 18.0 Å². The number of hydrogen-bond donors (Lipinski definition) is 3. The van der Waals surface area contributed by atoms with E-state index in [4.69, 9.17) is 0 Å². The molecule has 3 N–H and O–H groups in total. The van der Waals surface area contributed by atoms with E-state index in [1.165, 1.54) is 6.20 Å². The number of fused-ring (bicyclic) bond motifs is 1. The highest BCUT2D eigenvalue weighted by atomic mass is 16.2. The van der Waals surface area contributed by atoms with Gasteiger partial charge < -0.3 is 16.0 Å². The quantitative estimate of drug-likeness (QED) is 0.354. The Labute approximate surface area is 209 Å². The van der Waals surface area contributed by atoms with Gasteiger partial charge in [0.05, 0.1) is 12.2 Å². The van der Waals surface area contributed by atoms with Gasteiger partial charge in [0.1, 0.15) is 11.6 Å². The molecule has 0 fully saturated rings. The molecule has 182 valence electrons. The number of nitrogens with zero attached hydrogens (tertiary/aromatic N) is 4. The van der Waals surface area contributed by atoms with Crippen LogP contribution in [0.15, 0.2) is 60.8 Å². The molecule has 4 rings (SSSR count). The van der Waals surface area contributed by atoms with E-state index in [0.717, 1.165) is 22.5 Å². The molecule has 3 amide bonds. The fourth-order valence-corrected chi connectivity index (χ4v) is 4.06. The zero-order valence-corrected chi connectivity index (χ0v) is 20.4. The first-order valence-electron chi connectivity index (χ1n) is 11.6. The Balaban J connectivity index is 1.32. The van der Waals surface area contributed by atoms with Crippen molar-refractivity contribution in [1.29, 1.82) is 5.26 Å². The fraction of sp³-hybridized carbons (Fsp3) is 0.222. The molecule has 0 aliphatic carbocycles. The summed E-state index contributed by atoms with van der Waals surface area (Å²) in [7, 11) is 0. The Hall–Kier alpha value is -4.71. The summed E-state index contributed by atoms with van der Waals surface area (Å²) in [6, 6.07) is 18.1. The van der Waals surface area contributed by atoms with Crippen LogP contribution in [0.5, 0.6) is 0 Å². The SMILES string of the molecule is Cc1nc2c(C#N)cnn2c(C)c1CCC(=O)NC(C)c1ccc(NC(=O)Nc2ccccc2)cc1. The molecule has 0 aliphatic heterocycles. The van der Waals surface area contributed by atoms with E-state index in [2.05, 4.69) is 32.1 Å². The summed E-state index contributed by atoms with van der Waals surface area (Å²) in [5.74, 6) is -0.0796. The number of hydrogen-bond acceptors (Lipinski definition) is 5. The van der Waals surface area contributed by atoms with Crippen LogP contribution in [0, 0.1) is 25.2 Å². The molecule has 1 unspecified atom stereocenters. The first-order valence-corrected chi connectivity index (χ1v) is 11.6. The van der Waals surface area contributed by atoms with E-state index in [0.29, 0.717) is 35.4 Å². The van der Waals surface area contributed by atoms with Crippen molar-refractivity contribution in [2.24, 2.45) is 0 Å². The second kappa shape index (κ2) is 10.7. The number of aromatic nitrogens is 3. The summed E-state index contributed by atoms with van der Waals surface area (Å²) in [4.78, 5) is 29.3. The lowest BCUT2D eigenvalue weighted by Crippen LogP contribution is -2.27. The molecule has 2 aromatic heterocycles. The van der Waals surface area contributed by atoms with Gasteiger partial charge in [-0.05, 0) is 62.6 Å². The Morgan fingerprint density at radius 2 is 1.69 bits per heavy atom. The minimum absolute atomic E-state index is 0.0796. The number of carbonyl (C=O) groups is 2. The summed E-state index contributed by atoms with van der Waals surface area (Å²) < 4.78 is 1.65. The largest absolute Gasteiger partial charge is 0.350 e. The van der Waals surface area contributed by atoms with Crippen molar-refractivity contribution in [3.8, 4) is 6.07 Å². The highest BCUT2D eigenvalue weighted by Crippen LogP contribution is 2.20. The van der Waals surface area contributed by atoms with Crippen LogP contribution in [0.4, 0.5) is 16.2 Å². The number of urea groups is 1. The minimum atomic E-state index is -0.326. The van der Waals surface area contributed by atoms with Crippen LogP contribution in [0.1, 0.15) is 47.5 Å². The summed E-state index contributed by atoms with van der Waals surface area (Å²) >= 11 is 0. The fourth-order valence-electron chi connectivity index (χ4n) is 4.06. The average molecular weight is 482 g/mol. The molecule has 0 radical (unpaired) electrons. The second-order valence-electron chi connectivity index (χ2n) is 8.52. The monoisotopic (exact) mass is 481 g/mol. The number of benzene rings is 2. The number of carbonyl (C=O) groups excluding carboxylic acids is 2. The smallest absolute Gasteiger partial charge is 0.323 e. The molecule has 9 heteroatoms. The number of para-hydroxylation sites is 1.